The second kappa shape index (κ2) is 5.32. The van der Waals surface area contributed by atoms with Gasteiger partial charge in [0.05, 0.1) is 0 Å². The number of nitrogens with one attached hydrogen (secondary N) is 1. The molecule has 3 fully saturated rings. The molecular formula is C14H24N2OS. The van der Waals surface area contributed by atoms with Crippen LogP contribution in [-0.2, 0) is 0 Å². The third-order valence-electron chi connectivity index (χ3n) is 4.94. The van der Waals surface area contributed by atoms with Crippen molar-refractivity contribution in [1.82, 2.24) is 10.2 Å². The number of thioether (sulfide) groups is 1. The summed E-state index contributed by atoms with van der Waals surface area (Å²) in [5, 5.41) is 4.04. The molecule has 18 heavy (non-hydrogen) atoms. The molecule has 0 radical (unpaired) electrons. The lowest BCUT2D eigenvalue weighted by Crippen LogP contribution is -2.53. The summed E-state index contributed by atoms with van der Waals surface area (Å²) in [6, 6.07) is 1.72. The molecule has 2 aliphatic heterocycles. The number of carbonyl (C=O) groups is 1. The molecule has 1 aliphatic carbocycles. The Morgan fingerprint density at radius 3 is 2.28 bits per heavy atom. The van der Waals surface area contributed by atoms with Gasteiger partial charge >= 0.3 is 6.03 Å². The van der Waals surface area contributed by atoms with Gasteiger partial charge in [0.15, 0.2) is 0 Å². The fourth-order valence-corrected chi connectivity index (χ4v) is 4.80. The summed E-state index contributed by atoms with van der Waals surface area (Å²) in [6.45, 7) is 0. The molecular weight excluding hydrogens is 244 g/mol. The number of urea groups is 1. The van der Waals surface area contributed by atoms with E-state index in [1.165, 1.54) is 51.4 Å². The predicted octanol–water partition coefficient (Wildman–Crippen LogP) is 3.00. The lowest BCUT2D eigenvalue weighted by atomic mass is 10.0. The van der Waals surface area contributed by atoms with E-state index >= 15 is 0 Å². The van der Waals surface area contributed by atoms with Crippen LogP contribution in [0.25, 0.3) is 0 Å². The summed E-state index contributed by atoms with van der Waals surface area (Å²) in [5.41, 5.74) is 0. The Balaban J connectivity index is 1.60. The Labute approximate surface area is 114 Å². The van der Waals surface area contributed by atoms with E-state index in [1.54, 1.807) is 0 Å². The van der Waals surface area contributed by atoms with E-state index < -0.39 is 0 Å². The fourth-order valence-electron chi connectivity index (χ4n) is 3.97. The van der Waals surface area contributed by atoms with Gasteiger partial charge in [0.1, 0.15) is 0 Å². The maximum absolute atomic E-state index is 12.4. The first-order valence-corrected chi connectivity index (χ1v) is 8.68. The largest absolute Gasteiger partial charge is 0.335 e. The molecule has 3 aliphatic rings. The van der Waals surface area contributed by atoms with Gasteiger partial charge in [-0.2, -0.15) is 11.8 Å². The van der Waals surface area contributed by atoms with Crippen LogP contribution in [0, 0.1) is 0 Å². The van der Waals surface area contributed by atoms with Gasteiger partial charge in [-0.15, -0.1) is 0 Å². The molecule has 2 heterocycles. The van der Waals surface area contributed by atoms with Crippen molar-refractivity contribution in [3.63, 3.8) is 0 Å². The number of piperidine rings is 1. The van der Waals surface area contributed by atoms with Gasteiger partial charge in [0.2, 0.25) is 0 Å². The minimum atomic E-state index is 0.231. The summed E-state index contributed by atoms with van der Waals surface area (Å²) in [4.78, 5) is 14.6. The van der Waals surface area contributed by atoms with Gasteiger partial charge in [-0.25, -0.2) is 4.79 Å². The lowest BCUT2D eigenvalue weighted by molar-refractivity contribution is 0.146. The van der Waals surface area contributed by atoms with Crippen LogP contribution in [0.2, 0.25) is 0 Å². The highest BCUT2D eigenvalue weighted by Gasteiger charge is 2.43. The summed E-state index contributed by atoms with van der Waals surface area (Å²) in [6.07, 6.45) is 12.0. The van der Waals surface area contributed by atoms with Gasteiger partial charge in [-0.05, 0) is 44.8 Å². The van der Waals surface area contributed by atoms with Gasteiger partial charge < -0.3 is 10.2 Å². The van der Waals surface area contributed by atoms with Crippen molar-refractivity contribution < 1.29 is 4.79 Å². The first-order valence-electron chi connectivity index (χ1n) is 7.39. The van der Waals surface area contributed by atoms with Crippen LogP contribution in [0.15, 0.2) is 0 Å². The van der Waals surface area contributed by atoms with E-state index in [0.29, 0.717) is 18.1 Å². The Hall–Kier alpha value is -0.380. The quantitative estimate of drug-likeness (QED) is 0.835. The van der Waals surface area contributed by atoms with Crippen molar-refractivity contribution in [2.75, 3.05) is 6.26 Å². The van der Waals surface area contributed by atoms with Crippen LogP contribution < -0.4 is 5.32 Å². The molecule has 2 amide bonds. The second-order valence-corrected chi connectivity index (χ2v) is 7.19. The molecule has 102 valence electrons. The van der Waals surface area contributed by atoms with Crippen LogP contribution in [0.1, 0.15) is 51.4 Å². The van der Waals surface area contributed by atoms with E-state index in [-0.39, 0.29) is 6.03 Å². The summed E-state index contributed by atoms with van der Waals surface area (Å²) < 4.78 is 0. The third kappa shape index (κ3) is 2.36. The highest BCUT2D eigenvalue weighted by Crippen LogP contribution is 2.39. The summed E-state index contributed by atoms with van der Waals surface area (Å²) in [5.74, 6) is 0. The van der Waals surface area contributed by atoms with Crippen LogP contribution in [-0.4, -0.2) is 40.6 Å². The first-order chi connectivity index (χ1) is 8.78. The van der Waals surface area contributed by atoms with Gasteiger partial charge in [0, 0.05) is 23.4 Å². The molecule has 2 saturated heterocycles. The van der Waals surface area contributed by atoms with Crippen LogP contribution >= 0.6 is 11.8 Å². The van der Waals surface area contributed by atoms with Gasteiger partial charge in [0.25, 0.3) is 0 Å². The van der Waals surface area contributed by atoms with E-state index in [1.807, 2.05) is 11.8 Å². The number of carbonyl (C=O) groups excluding carboxylic acids is 1. The number of fused-ring (bicyclic) bond motifs is 2. The predicted molar refractivity (Wildman–Crippen MR) is 76.0 cm³/mol. The molecule has 2 bridgehead atoms. The minimum absolute atomic E-state index is 0.231. The topological polar surface area (TPSA) is 32.3 Å². The van der Waals surface area contributed by atoms with Crippen molar-refractivity contribution in [3.05, 3.63) is 0 Å². The molecule has 0 aromatic heterocycles. The number of amides is 2. The Morgan fingerprint density at radius 1 is 1.11 bits per heavy atom. The number of hydrogen-bond acceptors (Lipinski definition) is 2. The number of hydrogen-bond donors (Lipinski definition) is 1. The molecule has 0 aromatic rings. The maximum atomic E-state index is 12.4. The molecule has 1 saturated carbocycles. The van der Waals surface area contributed by atoms with Crippen molar-refractivity contribution in [2.24, 2.45) is 0 Å². The van der Waals surface area contributed by atoms with Gasteiger partial charge in [-0.3, -0.25) is 0 Å². The summed E-state index contributed by atoms with van der Waals surface area (Å²) >= 11 is 1.98. The highest BCUT2D eigenvalue weighted by molar-refractivity contribution is 7.99. The SMILES string of the molecule is CSC1CC2CCC(C1)N2C(=O)NC1CCCC1. The monoisotopic (exact) mass is 268 g/mol. The van der Waals surface area contributed by atoms with Crippen LogP contribution in [0.3, 0.4) is 0 Å². The Kier molecular flexibility index (Phi) is 3.73. The van der Waals surface area contributed by atoms with Crippen molar-refractivity contribution in [1.29, 1.82) is 0 Å². The van der Waals surface area contributed by atoms with E-state index in [2.05, 4.69) is 16.5 Å². The van der Waals surface area contributed by atoms with Crippen LogP contribution in [0.4, 0.5) is 4.79 Å². The zero-order valence-corrected chi connectivity index (χ0v) is 12.0. The lowest BCUT2D eigenvalue weighted by Gasteiger charge is -2.38. The fraction of sp³-hybridized carbons (Fsp3) is 0.929. The zero-order valence-electron chi connectivity index (χ0n) is 11.2. The maximum Gasteiger partial charge on any atom is 0.318 e. The first kappa shape index (κ1) is 12.6. The van der Waals surface area contributed by atoms with E-state index in [4.69, 9.17) is 0 Å². The average molecular weight is 268 g/mol. The molecule has 2 atom stereocenters. The normalized spacial score (nSPS) is 36.1. The van der Waals surface area contributed by atoms with Crippen molar-refractivity contribution in [2.45, 2.75) is 74.7 Å². The smallest absolute Gasteiger partial charge is 0.318 e. The second-order valence-electron chi connectivity index (χ2n) is 6.05. The Morgan fingerprint density at radius 2 is 1.72 bits per heavy atom. The average Bonchev–Trinajstić information content (AvgIpc) is 2.95. The number of rotatable bonds is 2. The molecule has 0 aromatic carbocycles. The van der Waals surface area contributed by atoms with Crippen LogP contribution in [0.5, 0.6) is 0 Å². The zero-order chi connectivity index (χ0) is 12.5. The molecule has 0 spiro atoms. The molecule has 3 rings (SSSR count). The molecule has 4 heteroatoms. The highest BCUT2D eigenvalue weighted by atomic mass is 32.2. The number of nitrogens with zero attached hydrogens (tertiary/aromatic N) is 1. The Bertz CT molecular complexity index is 303. The van der Waals surface area contributed by atoms with Gasteiger partial charge in [-0.1, -0.05) is 12.8 Å². The van der Waals surface area contributed by atoms with Crippen molar-refractivity contribution >= 4 is 17.8 Å². The summed E-state index contributed by atoms with van der Waals surface area (Å²) in [7, 11) is 0. The molecule has 2 unspecified atom stereocenters. The molecule has 1 N–H and O–H groups in total. The van der Waals surface area contributed by atoms with Crippen molar-refractivity contribution in [3.8, 4) is 0 Å². The standard InChI is InChI=1S/C14H24N2OS/c1-18-13-8-11-6-7-12(9-13)16(11)14(17)15-10-4-2-3-5-10/h10-13H,2-9H2,1H3,(H,15,17). The van der Waals surface area contributed by atoms with E-state index in [0.717, 1.165) is 5.25 Å². The third-order valence-corrected chi connectivity index (χ3v) is 5.99. The molecule has 3 nitrogen and oxygen atoms in total. The van der Waals surface area contributed by atoms with E-state index in [9.17, 15) is 4.79 Å². The minimum Gasteiger partial charge on any atom is -0.335 e.